The Hall–Kier alpha value is -2.30. The van der Waals surface area contributed by atoms with Crippen LogP contribution < -0.4 is 11.1 Å². The molecule has 4 nitrogen and oxygen atoms in total. The van der Waals surface area contributed by atoms with Gasteiger partial charge in [-0.05, 0) is 37.3 Å². The molecule has 0 bridgehead atoms. The number of nitrogen functional groups attached to an aromatic ring is 1. The molecular weight excluding hydrogens is 245 g/mol. The molecule has 0 aliphatic heterocycles. The van der Waals surface area contributed by atoms with E-state index in [0.29, 0.717) is 6.54 Å². The number of halogens is 1. The first kappa shape index (κ1) is 13.1. The molecule has 0 aliphatic rings. The lowest BCUT2D eigenvalue weighted by molar-refractivity contribution is 0.0950. The highest BCUT2D eigenvalue weighted by molar-refractivity contribution is 5.99. The summed E-state index contributed by atoms with van der Waals surface area (Å²) in [5, 5.41) is 2.73. The number of carbonyl (C=O) groups is 1. The zero-order chi connectivity index (χ0) is 14.0. The first-order valence-electron chi connectivity index (χ1n) is 5.93. The number of nitrogens with two attached hydrogens (primary N) is 1. The number of nitrogens with one attached hydrogen (secondary N) is 1. The van der Waals surface area contributed by atoms with E-state index in [1.165, 1.54) is 12.1 Å². The van der Waals surface area contributed by atoms with Crippen LogP contribution in [-0.4, -0.2) is 10.5 Å². The van der Waals surface area contributed by atoms with Crippen molar-refractivity contribution in [3.63, 3.8) is 0 Å². The smallest absolute Gasteiger partial charge is 0.253 e. The average Bonchev–Trinajstić information content (AvgIpc) is 2.70. The molecule has 19 heavy (non-hydrogen) atoms. The van der Waals surface area contributed by atoms with E-state index in [2.05, 4.69) is 5.32 Å². The van der Waals surface area contributed by atoms with E-state index >= 15 is 0 Å². The lowest BCUT2D eigenvalue weighted by Gasteiger charge is -2.09. The Kier molecular flexibility index (Phi) is 3.55. The van der Waals surface area contributed by atoms with Crippen molar-refractivity contribution in [1.29, 1.82) is 0 Å². The summed E-state index contributed by atoms with van der Waals surface area (Å²) in [6.45, 7) is 2.36. The Morgan fingerprint density at radius 2 is 2.11 bits per heavy atom. The molecule has 5 heteroatoms. The minimum Gasteiger partial charge on any atom is -0.398 e. The van der Waals surface area contributed by atoms with Gasteiger partial charge in [0.05, 0.1) is 12.1 Å². The highest BCUT2D eigenvalue weighted by Gasteiger charge is 2.11. The van der Waals surface area contributed by atoms with E-state index in [1.807, 2.05) is 30.7 Å². The molecule has 0 unspecified atom stereocenters. The van der Waals surface area contributed by atoms with Crippen LogP contribution in [0.25, 0.3) is 0 Å². The van der Waals surface area contributed by atoms with E-state index < -0.39 is 5.82 Å². The van der Waals surface area contributed by atoms with Crippen LogP contribution in [0.1, 0.15) is 21.7 Å². The second kappa shape index (κ2) is 5.14. The molecule has 0 fully saturated rings. The molecule has 100 valence electrons. The summed E-state index contributed by atoms with van der Waals surface area (Å²) in [7, 11) is 1.92. The van der Waals surface area contributed by atoms with Crippen LogP contribution in [0.4, 0.5) is 10.1 Å². The van der Waals surface area contributed by atoms with Crippen LogP contribution in [-0.2, 0) is 13.6 Å². The number of benzene rings is 1. The minimum atomic E-state index is -0.478. The van der Waals surface area contributed by atoms with Crippen LogP contribution in [0.15, 0.2) is 30.3 Å². The quantitative estimate of drug-likeness (QED) is 0.830. The van der Waals surface area contributed by atoms with Crippen LogP contribution in [0.5, 0.6) is 0 Å². The molecule has 3 N–H and O–H groups in total. The van der Waals surface area contributed by atoms with E-state index in [9.17, 15) is 9.18 Å². The summed E-state index contributed by atoms with van der Waals surface area (Å²) in [5.41, 5.74) is 8.16. The van der Waals surface area contributed by atoms with Gasteiger partial charge in [0.2, 0.25) is 0 Å². The Morgan fingerprint density at radius 3 is 2.74 bits per heavy atom. The molecule has 1 aromatic carbocycles. The Balaban J connectivity index is 2.09. The van der Waals surface area contributed by atoms with Gasteiger partial charge in [0.15, 0.2) is 0 Å². The fraction of sp³-hybridized carbons (Fsp3) is 0.214. The lowest BCUT2D eigenvalue weighted by Crippen LogP contribution is -2.25. The molecule has 0 aliphatic carbocycles. The molecule has 1 amide bonds. The van der Waals surface area contributed by atoms with Gasteiger partial charge < -0.3 is 15.6 Å². The van der Waals surface area contributed by atoms with Gasteiger partial charge in [0.1, 0.15) is 5.82 Å². The molecule has 1 heterocycles. The van der Waals surface area contributed by atoms with Crippen LogP contribution in [0, 0.1) is 12.7 Å². The van der Waals surface area contributed by atoms with Gasteiger partial charge in [-0.1, -0.05) is 0 Å². The molecule has 0 spiro atoms. The Labute approximate surface area is 111 Å². The van der Waals surface area contributed by atoms with Gasteiger partial charge in [-0.3, -0.25) is 4.79 Å². The fourth-order valence-electron chi connectivity index (χ4n) is 1.84. The largest absolute Gasteiger partial charge is 0.398 e. The zero-order valence-corrected chi connectivity index (χ0v) is 10.9. The summed E-state index contributed by atoms with van der Waals surface area (Å²) in [6, 6.07) is 7.66. The third-order valence-corrected chi connectivity index (χ3v) is 3.17. The van der Waals surface area contributed by atoms with Gasteiger partial charge >= 0.3 is 0 Å². The fourth-order valence-corrected chi connectivity index (χ4v) is 1.84. The standard InChI is InChI=1S/C14H16FN3O/c1-9-3-5-11(18(9)2)8-17-14(19)12-7-10(15)4-6-13(12)16/h3-7H,8,16H2,1-2H3,(H,17,19). The maximum absolute atomic E-state index is 13.1. The van der Waals surface area contributed by atoms with Crippen LogP contribution in [0.3, 0.4) is 0 Å². The SMILES string of the molecule is Cc1ccc(CNC(=O)c2cc(F)ccc2N)n1C. The maximum atomic E-state index is 13.1. The summed E-state index contributed by atoms with van der Waals surface area (Å²) in [4.78, 5) is 11.9. The van der Waals surface area contributed by atoms with Crippen molar-refractivity contribution < 1.29 is 9.18 Å². The summed E-state index contributed by atoms with van der Waals surface area (Å²) >= 11 is 0. The third kappa shape index (κ3) is 2.76. The van der Waals surface area contributed by atoms with Crippen LogP contribution in [0.2, 0.25) is 0 Å². The van der Waals surface area contributed by atoms with Crippen molar-refractivity contribution in [2.75, 3.05) is 5.73 Å². The zero-order valence-electron chi connectivity index (χ0n) is 10.9. The maximum Gasteiger partial charge on any atom is 0.253 e. The molecule has 2 rings (SSSR count). The number of hydrogen-bond acceptors (Lipinski definition) is 2. The van der Waals surface area contributed by atoms with E-state index in [4.69, 9.17) is 5.73 Å². The van der Waals surface area contributed by atoms with Crippen molar-refractivity contribution in [1.82, 2.24) is 9.88 Å². The van der Waals surface area contributed by atoms with Gasteiger partial charge in [-0.25, -0.2) is 4.39 Å². The average molecular weight is 261 g/mol. The normalized spacial score (nSPS) is 10.5. The molecular formula is C14H16FN3O. The molecule has 0 saturated heterocycles. The number of amides is 1. The van der Waals surface area contributed by atoms with E-state index in [-0.39, 0.29) is 17.2 Å². The number of hydrogen-bond donors (Lipinski definition) is 2. The second-order valence-corrected chi connectivity index (χ2v) is 4.44. The Morgan fingerprint density at radius 1 is 1.37 bits per heavy atom. The topological polar surface area (TPSA) is 60.1 Å². The number of aromatic nitrogens is 1. The second-order valence-electron chi connectivity index (χ2n) is 4.44. The van der Waals surface area contributed by atoms with Crippen molar-refractivity contribution in [2.24, 2.45) is 7.05 Å². The van der Waals surface area contributed by atoms with Crippen LogP contribution >= 0.6 is 0 Å². The van der Waals surface area contributed by atoms with Crippen molar-refractivity contribution >= 4 is 11.6 Å². The molecule has 0 atom stereocenters. The van der Waals surface area contributed by atoms with Gasteiger partial charge in [0, 0.05) is 24.1 Å². The lowest BCUT2D eigenvalue weighted by atomic mass is 10.1. The van der Waals surface area contributed by atoms with E-state index in [0.717, 1.165) is 17.5 Å². The van der Waals surface area contributed by atoms with E-state index in [1.54, 1.807) is 0 Å². The summed E-state index contributed by atoms with van der Waals surface area (Å²) in [6.07, 6.45) is 0. The molecule has 1 aromatic heterocycles. The first-order chi connectivity index (χ1) is 8.99. The predicted molar refractivity (Wildman–Crippen MR) is 72.1 cm³/mol. The number of nitrogens with zero attached hydrogens (tertiary/aromatic N) is 1. The van der Waals surface area contributed by atoms with Gasteiger partial charge in [-0.2, -0.15) is 0 Å². The first-order valence-corrected chi connectivity index (χ1v) is 5.93. The van der Waals surface area contributed by atoms with Gasteiger partial charge in [-0.15, -0.1) is 0 Å². The summed E-state index contributed by atoms with van der Waals surface area (Å²) < 4.78 is 15.1. The highest BCUT2D eigenvalue weighted by atomic mass is 19.1. The monoisotopic (exact) mass is 261 g/mol. The minimum absolute atomic E-state index is 0.158. The molecule has 0 radical (unpaired) electrons. The number of anilines is 1. The summed E-state index contributed by atoms with van der Waals surface area (Å²) in [5.74, 6) is -0.857. The van der Waals surface area contributed by atoms with Crippen molar-refractivity contribution in [3.05, 3.63) is 53.1 Å². The van der Waals surface area contributed by atoms with Gasteiger partial charge in [0.25, 0.3) is 5.91 Å². The number of aryl methyl sites for hydroxylation is 1. The predicted octanol–water partition coefficient (Wildman–Crippen LogP) is 1.98. The number of rotatable bonds is 3. The third-order valence-electron chi connectivity index (χ3n) is 3.17. The molecule has 0 saturated carbocycles. The van der Waals surface area contributed by atoms with Crippen molar-refractivity contribution in [3.8, 4) is 0 Å². The highest BCUT2D eigenvalue weighted by Crippen LogP contribution is 2.13. The van der Waals surface area contributed by atoms with Crippen molar-refractivity contribution in [2.45, 2.75) is 13.5 Å². The Bertz CT molecular complexity index is 619. The number of carbonyl (C=O) groups excluding carboxylic acids is 1. The molecule has 2 aromatic rings.